The summed E-state index contributed by atoms with van der Waals surface area (Å²) in [7, 11) is 0. The molecule has 1 N–H and O–H groups in total. The van der Waals surface area contributed by atoms with Crippen LogP contribution in [-0.4, -0.2) is 17.1 Å². The van der Waals surface area contributed by atoms with E-state index in [2.05, 4.69) is 5.32 Å². The van der Waals surface area contributed by atoms with E-state index in [0.29, 0.717) is 11.3 Å². The van der Waals surface area contributed by atoms with Gasteiger partial charge >= 0.3 is 6.09 Å². The van der Waals surface area contributed by atoms with Gasteiger partial charge in [-0.05, 0) is 32.4 Å². The van der Waals surface area contributed by atoms with Crippen LogP contribution in [0.5, 0.6) is 0 Å². The Kier molecular flexibility index (Phi) is 4.03. The van der Waals surface area contributed by atoms with Gasteiger partial charge < -0.3 is 4.74 Å². The predicted octanol–water partition coefficient (Wildman–Crippen LogP) is 2.86. The van der Waals surface area contributed by atoms with Crippen molar-refractivity contribution in [1.82, 2.24) is 0 Å². The molecular weight excluding hydrogens is 224 g/mol. The molecule has 1 aromatic carbocycles. The molecule has 0 spiro atoms. The Balaban J connectivity index is 2.79. The van der Waals surface area contributed by atoms with Gasteiger partial charge in [-0.1, -0.05) is 0 Å². The minimum Gasteiger partial charge on any atom is -0.447 e. The number of non-ortho nitro benzene ring substituents is 1. The first-order valence-corrected chi connectivity index (χ1v) is 5.13. The van der Waals surface area contributed by atoms with Crippen molar-refractivity contribution >= 4 is 17.5 Å². The third kappa shape index (κ3) is 3.75. The van der Waals surface area contributed by atoms with Crippen molar-refractivity contribution < 1.29 is 14.5 Å². The van der Waals surface area contributed by atoms with E-state index in [1.54, 1.807) is 20.8 Å². The SMILES string of the molecule is Cc1cc([N+](=O)[O-])ccc1NC(=O)OC(C)C. The number of amides is 1. The second-order valence-electron chi connectivity index (χ2n) is 3.84. The van der Waals surface area contributed by atoms with E-state index in [9.17, 15) is 14.9 Å². The number of hydrogen-bond acceptors (Lipinski definition) is 4. The van der Waals surface area contributed by atoms with E-state index in [1.807, 2.05) is 0 Å². The van der Waals surface area contributed by atoms with Crippen LogP contribution in [0, 0.1) is 17.0 Å². The fourth-order valence-corrected chi connectivity index (χ4v) is 1.26. The smallest absolute Gasteiger partial charge is 0.411 e. The van der Waals surface area contributed by atoms with Crippen molar-refractivity contribution in [2.75, 3.05) is 5.32 Å². The lowest BCUT2D eigenvalue weighted by Gasteiger charge is -2.10. The van der Waals surface area contributed by atoms with Gasteiger partial charge in [0.15, 0.2) is 0 Å². The first-order chi connectivity index (χ1) is 7.90. The minimum absolute atomic E-state index is 0.00900. The quantitative estimate of drug-likeness (QED) is 0.648. The standard InChI is InChI=1S/C11H14N2O4/c1-7(2)17-11(14)12-10-5-4-9(13(15)16)6-8(10)3/h4-7H,1-3H3,(H,12,14). The first kappa shape index (κ1) is 13.0. The van der Waals surface area contributed by atoms with Gasteiger partial charge in [0, 0.05) is 17.8 Å². The summed E-state index contributed by atoms with van der Waals surface area (Å²) < 4.78 is 4.90. The molecule has 0 bridgehead atoms. The van der Waals surface area contributed by atoms with Gasteiger partial charge in [-0.15, -0.1) is 0 Å². The maximum absolute atomic E-state index is 11.3. The zero-order valence-electron chi connectivity index (χ0n) is 9.89. The van der Waals surface area contributed by atoms with Crippen LogP contribution in [-0.2, 0) is 4.74 Å². The van der Waals surface area contributed by atoms with Gasteiger partial charge in [0.25, 0.3) is 5.69 Å². The molecule has 0 saturated heterocycles. The van der Waals surface area contributed by atoms with E-state index in [4.69, 9.17) is 4.74 Å². The lowest BCUT2D eigenvalue weighted by atomic mass is 10.2. The van der Waals surface area contributed by atoms with Crippen molar-refractivity contribution in [3.63, 3.8) is 0 Å². The van der Waals surface area contributed by atoms with Gasteiger partial charge in [-0.3, -0.25) is 15.4 Å². The number of nitrogens with one attached hydrogen (secondary N) is 1. The summed E-state index contributed by atoms with van der Waals surface area (Å²) in [5.41, 5.74) is 1.10. The lowest BCUT2D eigenvalue weighted by Crippen LogP contribution is -2.18. The third-order valence-corrected chi connectivity index (χ3v) is 2.00. The fourth-order valence-electron chi connectivity index (χ4n) is 1.26. The maximum atomic E-state index is 11.3. The molecule has 1 rings (SSSR count). The van der Waals surface area contributed by atoms with Crippen LogP contribution < -0.4 is 5.32 Å². The van der Waals surface area contributed by atoms with Crippen molar-refractivity contribution in [2.24, 2.45) is 0 Å². The molecule has 1 amide bonds. The Morgan fingerprint density at radius 1 is 1.47 bits per heavy atom. The molecule has 0 radical (unpaired) electrons. The number of ether oxygens (including phenoxy) is 1. The summed E-state index contributed by atoms with van der Waals surface area (Å²) in [6, 6.07) is 4.21. The molecule has 0 aliphatic heterocycles. The molecular formula is C11H14N2O4. The molecule has 0 saturated carbocycles. The van der Waals surface area contributed by atoms with Gasteiger partial charge in [0.05, 0.1) is 11.0 Å². The van der Waals surface area contributed by atoms with Gasteiger partial charge in [-0.2, -0.15) is 0 Å². The third-order valence-electron chi connectivity index (χ3n) is 2.00. The van der Waals surface area contributed by atoms with Crippen molar-refractivity contribution in [2.45, 2.75) is 26.9 Å². The maximum Gasteiger partial charge on any atom is 0.411 e. The zero-order valence-corrected chi connectivity index (χ0v) is 9.89. The van der Waals surface area contributed by atoms with Crippen LogP contribution in [0.2, 0.25) is 0 Å². The van der Waals surface area contributed by atoms with Crippen LogP contribution in [0.25, 0.3) is 0 Å². The van der Waals surface area contributed by atoms with Crippen LogP contribution in [0.1, 0.15) is 19.4 Å². The van der Waals surface area contributed by atoms with E-state index in [0.717, 1.165) is 0 Å². The van der Waals surface area contributed by atoms with E-state index < -0.39 is 11.0 Å². The predicted molar refractivity (Wildman–Crippen MR) is 63.1 cm³/mol. The van der Waals surface area contributed by atoms with E-state index >= 15 is 0 Å². The number of aryl methyl sites for hydroxylation is 1. The normalized spacial score (nSPS) is 10.1. The molecule has 0 aliphatic rings. The van der Waals surface area contributed by atoms with Crippen LogP contribution in [0.3, 0.4) is 0 Å². The monoisotopic (exact) mass is 238 g/mol. The number of hydrogen-bond donors (Lipinski definition) is 1. The molecule has 0 fully saturated rings. The molecule has 0 heterocycles. The van der Waals surface area contributed by atoms with Crippen LogP contribution in [0.4, 0.5) is 16.2 Å². The summed E-state index contributed by atoms with van der Waals surface area (Å²) in [6.45, 7) is 5.16. The average molecular weight is 238 g/mol. The molecule has 17 heavy (non-hydrogen) atoms. The Labute approximate surface area is 98.7 Å². The van der Waals surface area contributed by atoms with Gasteiger partial charge in [0.2, 0.25) is 0 Å². The molecule has 0 aromatic heterocycles. The van der Waals surface area contributed by atoms with Crippen LogP contribution in [0.15, 0.2) is 18.2 Å². The number of nitro benzene ring substituents is 1. The van der Waals surface area contributed by atoms with Crippen molar-refractivity contribution in [3.05, 3.63) is 33.9 Å². The Morgan fingerprint density at radius 3 is 2.59 bits per heavy atom. The summed E-state index contributed by atoms with van der Waals surface area (Å²) in [5, 5.41) is 13.0. The summed E-state index contributed by atoms with van der Waals surface area (Å²) in [6.07, 6.45) is -0.787. The topological polar surface area (TPSA) is 81.5 Å². The second-order valence-corrected chi connectivity index (χ2v) is 3.84. The van der Waals surface area contributed by atoms with Crippen molar-refractivity contribution in [3.8, 4) is 0 Å². The largest absolute Gasteiger partial charge is 0.447 e. The molecule has 6 heteroatoms. The van der Waals surface area contributed by atoms with Gasteiger partial charge in [-0.25, -0.2) is 4.79 Å². The molecule has 0 unspecified atom stereocenters. The van der Waals surface area contributed by atoms with Crippen molar-refractivity contribution in [1.29, 1.82) is 0 Å². The van der Waals surface area contributed by atoms with E-state index in [-0.39, 0.29) is 11.8 Å². The van der Waals surface area contributed by atoms with Gasteiger partial charge in [0.1, 0.15) is 0 Å². The molecule has 6 nitrogen and oxygen atoms in total. The summed E-state index contributed by atoms with van der Waals surface area (Å²) >= 11 is 0. The Bertz CT molecular complexity index is 443. The number of nitrogens with zero attached hydrogens (tertiary/aromatic N) is 1. The molecule has 1 aromatic rings. The highest BCUT2D eigenvalue weighted by Crippen LogP contribution is 2.21. The highest BCUT2D eigenvalue weighted by Gasteiger charge is 2.11. The minimum atomic E-state index is -0.572. The zero-order chi connectivity index (χ0) is 13.0. The lowest BCUT2D eigenvalue weighted by molar-refractivity contribution is -0.384. The number of benzene rings is 1. The first-order valence-electron chi connectivity index (χ1n) is 5.13. The second kappa shape index (κ2) is 5.29. The highest BCUT2D eigenvalue weighted by molar-refractivity contribution is 5.86. The van der Waals surface area contributed by atoms with Crippen LogP contribution >= 0.6 is 0 Å². The Hall–Kier alpha value is -2.11. The number of nitro groups is 1. The summed E-state index contributed by atoms with van der Waals surface area (Å²) in [5.74, 6) is 0. The fraction of sp³-hybridized carbons (Fsp3) is 0.364. The molecule has 0 atom stereocenters. The number of carbonyl (C=O) groups excluding carboxylic acids is 1. The van der Waals surface area contributed by atoms with E-state index in [1.165, 1.54) is 18.2 Å². The summed E-state index contributed by atoms with van der Waals surface area (Å²) in [4.78, 5) is 21.4. The molecule has 92 valence electrons. The Morgan fingerprint density at radius 2 is 2.12 bits per heavy atom. The number of rotatable bonds is 3. The highest BCUT2D eigenvalue weighted by atomic mass is 16.6. The number of anilines is 1. The molecule has 0 aliphatic carbocycles. The average Bonchev–Trinajstić information content (AvgIpc) is 2.19. The number of carbonyl (C=O) groups is 1.